The van der Waals surface area contributed by atoms with Crippen molar-refractivity contribution in [2.24, 2.45) is 0 Å². The van der Waals surface area contributed by atoms with Crippen LogP contribution in [-0.4, -0.2) is 10.7 Å². The van der Waals surface area contributed by atoms with Gasteiger partial charge in [-0.1, -0.05) is 28.1 Å². The molecule has 0 spiro atoms. The van der Waals surface area contributed by atoms with Gasteiger partial charge in [0.25, 0.3) is 0 Å². The Morgan fingerprint density at radius 2 is 2.05 bits per heavy atom. The minimum absolute atomic E-state index is 0.143. The predicted molar refractivity (Wildman–Crippen MR) is 81.6 cm³/mol. The smallest absolute Gasteiger partial charge is 0.311 e. The van der Waals surface area contributed by atoms with Gasteiger partial charge in [-0.05, 0) is 36.8 Å². The molecule has 0 bridgehead atoms. The largest absolute Gasteiger partial charge is 0.482 e. The number of ketones is 1. The first-order valence-corrected chi connectivity index (χ1v) is 6.93. The fourth-order valence-corrected chi connectivity index (χ4v) is 2.24. The van der Waals surface area contributed by atoms with Crippen molar-refractivity contribution >= 4 is 27.4 Å². The average molecular weight is 350 g/mol. The number of hydrogen-bond acceptors (Lipinski definition) is 4. The van der Waals surface area contributed by atoms with Gasteiger partial charge in [0.1, 0.15) is 6.61 Å². The lowest BCUT2D eigenvalue weighted by atomic mass is 10.1. The van der Waals surface area contributed by atoms with E-state index in [2.05, 4.69) is 15.9 Å². The summed E-state index contributed by atoms with van der Waals surface area (Å²) < 4.78 is 6.41. The van der Waals surface area contributed by atoms with Gasteiger partial charge < -0.3 is 4.74 Å². The van der Waals surface area contributed by atoms with Crippen LogP contribution in [0.3, 0.4) is 0 Å². The number of ether oxygens (including phenoxy) is 1. The third kappa shape index (κ3) is 3.88. The zero-order chi connectivity index (χ0) is 15.4. The van der Waals surface area contributed by atoms with Crippen molar-refractivity contribution in [2.75, 3.05) is 0 Å². The molecule has 0 saturated carbocycles. The van der Waals surface area contributed by atoms with Crippen molar-refractivity contribution in [3.63, 3.8) is 0 Å². The lowest BCUT2D eigenvalue weighted by molar-refractivity contribution is -0.386. The number of halogens is 1. The number of Topliss-reactive ketones (excluding diaryl/α,β-unsaturated/α-hetero) is 1. The normalized spacial score (nSPS) is 10.2. The molecule has 2 aromatic rings. The topological polar surface area (TPSA) is 69.4 Å². The number of nitro groups is 1. The Kier molecular flexibility index (Phi) is 4.70. The van der Waals surface area contributed by atoms with Crippen LogP contribution in [0.15, 0.2) is 46.9 Å². The van der Waals surface area contributed by atoms with Crippen LogP contribution < -0.4 is 4.74 Å². The molecule has 0 saturated heterocycles. The molecule has 2 rings (SSSR count). The first kappa shape index (κ1) is 15.2. The van der Waals surface area contributed by atoms with E-state index < -0.39 is 4.92 Å². The zero-order valence-corrected chi connectivity index (χ0v) is 12.8. The third-order valence-corrected chi connectivity index (χ3v) is 3.34. The Morgan fingerprint density at radius 1 is 1.29 bits per heavy atom. The Labute approximate surface area is 129 Å². The second-order valence-corrected chi connectivity index (χ2v) is 5.33. The van der Waals surface area contributed by atoms with Crippen molar-refractivity contribution in [1.82, 2.24) is 0 Å². The molecule has 21 heavy (non-hydrogen) atoms. The summed E-state index contributed by atoms with van der Waals surface area (Å²) in [4.78, 5) is 21.8. The fourth-order valence-electron chi connectivity index (χ4n) is 1.79. The van der Waals surface area contributed by atoms with E-state index in [0.717, 1.165) is 10.0 Å². The van der Waals surface area contributed by atoms with E-state index in [0.29, 0.717) is 0 Å². The van der Waals surface area contributed by atoms with E-state index in [-0.39, 0.29) is 29.4 Å². The summed E-state index contributed by atoms with van der Waals surface area (Å²) in [6.07, 6.45) is 0. The molecule has 0 amide bonds. The molecule has 2 aromatic carbocycles. The maximum Gasteiger partial charge on any atom is 0.311 e. The summed E-state index contributed by atoms with van der Waals surface area (Å²) >= 11 is 3.35. The van der Waals surface area contributed by atoms with Gasteiger partial charge in [-0.2, -0.15) is 0 Å². The van der Waals surface area contributed by atoms with Crippen molar-refractivity contribution < 1.29 is 14.5 Å². The highest BCUT2D eigenvalue weighted by atomic mass is 79.9. The molecule has 0 N–H and O–H groups in total. The molecule has 0 radical (unpaired) electrons. The molecule has 0 aromatic heterocycles. The van der Waals surface area contributed by atoms with Gasteiger partial charge in [0, 0.05) is 16.1 Å². The van der Waals surface area contributed by atoms with Gasteiger partial charge in [-0.3, -0.25) is 14.9 Å². The summed E-state index contributed by atoms with van der Waals surface area (Å²) in [6.45, 7) is 1.57. The Balaban J connectivity index is 2.23. The lowest BCUT2D eigenvalue weighted by Gasteiger charge is -2.08. The highest BCUT2D eigenvalue weighted by Gasteiger charge is 2.17. The highest BCUT2D eigenvalue weighted by Crippen LogP contribution is 2.29. The molecule has 0 fully saturated rings. The Bertz CT molecular complexity index is 700. The molecule has 6 heteroatoms. The van der Waals surface area contributed by atoms with E-state index in [1.165, 1.54) is 25.1 Å². The second-order valence-electron chi connectivity index (χ2n) is 4.41. The van der Waals surface area contributed by atoms with Gasteiger partial charge in [-0.25, -0.2) is 0 Å². The van der Waals surface area contributed by atoms with Crippen LogP contribution in [0.1, 0.15) is 22.8 Å². The molecule has 0 unspecified atom stereocenters. The number of carbonyl (C=O) groups excluding carboxylic acids is 1. The first-order chi connectivity index (χ1) is 9.97. The van der Waals surface area contributed by atoms with Crippen LogP contribution in [0.2, 0.25) is 0 Å². The third-order valence-electron chi connectivity index (χ3n) is 2.85. The maximum atomic E-state index is 11.3. The van der Waals surface area contributed by atoms with E-state index in [9.17, 15) is 14.9 Å². The molecular formula is C15H12BrNO4. The molecule has 0 atom stereocenters. The van der Waals surface area contributed by atoms with Crippen LogP contribution in [0.4, 0.5) is 5.69 Å². The van der Waals surface area contributed by atoms with Gasteiger partial charge >= 0.3 is 5.69 Å². The van der Waals surface area contributed by atoms with Crippen LogP contribution >= 0.6 is 15.9 Å². The van der Waals surface area contributed by atoms with Gasteiger partial charge in [-0.15, -0.1) is 0 Å². The molecular weight excluding hydrogens is 338 g/mol. The molecule has 0 aliphatic rings. The van der Waals surface area contributed by atoms with Crippen LogP contribution in [0.25, 0.3) is 0 Å². The minimum atomic E-state index is -0.553. The summed E-state index contributed by atoms with van der Waals surface area (Å²) in [7, 11) is 0. The van der Waals surface area contributed by atoms with Crippen molar-refractivity contribution in [1.29, 1.82) is 0 Å². The van der Waals surface area contributed by atoms with Crippen LogP contribution in [0.5, 0.6) is 5.75 Å². The second kappa shape index (κ2) is 6.49. The molecule has 5 nitrogen and oxygen atoms in total. The predicted octanol–water partition coefficient (Wildman–Crippen LogP) is 4.14. The lowest BCUT2D eigenvalue weighted by Crippen LogP contribution is -2.01. The van der Waals surface area contributed by atoms with Crippen LogP contribution in [-0.2, 0) is 6.61 Å². The number of nitrogens with zero attached hydrogens (tertiary/aromatic N) is 1. The summed E-state index contributed by atoms with van der Waals surface area (Å²) in [5, 5.41) is 11.1. The average Bonchev–Trinajstić information content (AvgIpc) is 2.44. The SMILES string of the molecule is CC(=O)c1ccc(OCc2cccc(Br)c2)c([N+](=O)[O-])c1. The number of nitro benzene ring substituents is 1. The van der Waals surface area contributed by atoms with Crippen molar-refractivity contribution in [3.8, 4) is 5.75 Å². The van der Waals surface area contributed by atoms with Crippen molar-refractivity contribution in [2.45, 2.75) is 13.5 Å². The standard InChI is InChI=1S/C15H12BrNO4/c1-10(18)12-5-6-15(14(8-12)17(19)20)21-9-11-3-2-4-13(16)7-11/h2-8H,9H2,1H3. The summed E-state index contributed by atoms with van der Waals surface area (Å²) in [5.74, 6) is -0.0818. The highest BCUT2D eigenvalue weighted by molar-refractivity contribution is 9.10. The van der Waals surface area contributed by atoms with E-state index in [1.807, 2.05) is 24.3 Å². The monoisotopic (exact) mass is 349 g/mol. The van der Waals surface area contributed by atoms with Crippen LogP contribution in [0, 0.1) is 10.1 Å². The number of rotatable bonds is 5. The van der Waals surface area contributed by atoms with Gasteiger partial charge in [0.15, 0.2) is 11.5 Å². The Hall–Kier alpha value is -2.21. The minimum Gasteiger partial charge on any atom is -0.482 e. The quantitative estimate of drug-likeness (QED) is 0.462. The van der Waals surface area contributed by atoms with E-state index in [4.69, 9.17) is 4.74 Å². The number of hydrogen-bond donors (Lipinski definition) is 0. The first-order valence-electron chi connectivity index (χ1n) is 6.14. The van der Waals surface area contributed by atoms with E-state index in [1.54, 1.807) is 0 Å². The maximum absolute atomic E-state index is 11.3. The van der Waals surface area contributed by atoms with E-state index >= 15 is 0 Å². The Morgan fingerprint density at radius 3 is 2.67 bits per heavy atom. The van der Waals surface area contributed by atoms with Gasteiger partial charge in [0.2, 0.25) is 0 Å². The molecule has 0 aliphatic carbocycles. The molecule has 108 valence electrons. The zero-order valence-electron chi connectivity index (χ0n) is 11.2. The molecule has 0 aliphatic heterocycles. The number of benzene rings is 2. The number of carbonyl (C=O) groups is 1. The molecule has 0 heterocycles. The van der Waals surface area contributed by atoms with Gasteiger partial charge in [0.05, 0.1) is 4.92 Å². The van der Waals surface area contributed by atoms with Crippen molar-refractivity contribution in [3.05, 3.63) is 68.2 Å². The fraction of sp³-hybridized carbons (Fsp3) is 0.133. The summed E-state index contributed by atoms with van der Waals surface area (Å²) in [5.41, 5.74) is 0.962. The summed E-state index contributed by atoms with van der Waals surface area (Å²) in [6, 6.07) is 11.7.